The van der Waals surface area contributed by atoms with Crippen LogP contribution in [0.25, 0.3) is 11.0 Å². The van der Waals surface area contributed by atoms with Crippen LogP contribution in [0.5, 0.6) is 0 Å². The van der Waals surface area contributed by atoms with E-state index in [9.17, 15) is 12.8 Å². The van der Waals surface area contributed by atoms with Gasteiger partial charge in [0.1, 0.15) is 5.82 Å². The second-order valence-corrected chi connectivity index (χ2v) is 9.81. The third-order valence-electron chi connectivity index (χ3n) is 5.41. The van der Waals surface area contributed by atoms with Crippen LogP contribution < -0.4 is 5.32 Å². The molecule has 3 heterocycles. The molecule has 0 spiro atoms. The summed E-state index contributed by atoms with van der Waals surface area (Å²) < 4.78 is 40.8. The zero-order chi connectivity index (χ0) is 21.3. The quantitative estimate of drug-likeness (QED) is 0.625. The molecule has 10 heteroatoms. The van der Waals surface area contributed by atoms with E-state index in [1.165, 1.54) is 20.7 Å². The molecule has 160 valence electrons. The Morgan fingerprint density at radius 1 is 1.23 bits per heavy atom. The lowest BCUT2D eigenvalue weighted by Gasteiger charge is -2.33. The van der Waals surface area contributed by atoms with Crippen LogP contribution in [0.15, 0.2) is 36.4 Å². The lowest BCUT2D eigenvalue weighted by molar-refractivity contribution is 0.296. The molecule has 3 aromatic rings. The number of piperidine rings is 1. The van der Waals surface area contributed by atoms with Crippen LogP contribution in [0.3, 0.4) is 0 Å². The van der Waals surface area contributed by atoms with Crippen LogP contribution in [-0.4, -0.2) is 59.4 Å². The van der Waals surface area contributed by atoms with Crippen molar-refractivity contribution in [2.75, 3.05) is 32.5 Å². The van der Waals surface area contributed by atoms with E-state index >= 15 is 0 Å². The van der Waals surface area contributed by atoms with Crippen LogP contribution in [0, 0.1) is 5.82 Å². The number of nitrogens with one attached hydrogen (secondary N) is 2. The predicted molar refractivity (Wildman–Crippen MR) is 114 cm³/mol. The van der Waals surface area contributed by atoms with Gasteiger partial charge >= 0.3 is 0 Å². The summed E-state index contributed by atoms with van der Waals surface area (Å²) in [6.45, 7) is 1.46. The van der Waals surface area contributed by atoms with Gasteiger partial charge in [0.2, 0.25) is 0 Å². The Bertz CT molecular complexity index is 1130. The molecule has 1 aliphatic heterocycles. The van der Waals surface area contributed by atoms with Crippen LogP contribution in [0.4, 0.5) is 10.2 Å². The molecule has 0 aliphatic carbocycles. The van der Waals surface area contributed by atoms with E-state index < -0.39 is 10.2 Å². The largest absolute Gasteiger partial charge is 0.364 e. The molecule has 0 amide bonds. The molecule has 30 heavy (non-hydrogen) atoms. The van der Waals surface area contributed by atoms with E-state index in [1.54, 1.807) is 26.2 Å². The van der Waals surface area contributed by atoms with E-state index in [0.717, 1.165) is 29.5 Å². The Kier molecular flexibility index (Phi) is 5.72. The fraction of sp³-hybridized carbons (Fsp3) is 0.400. The molecule has 0 radical (unpaired) electrons. The average molecular weight is 433 g/mol. The van der Waals surface area contributed by atoms with E-state index in [1.807, 2.05) is 12.1 Å². The number of nitrogens with zero attached hydrogens (tertiary/aromatic N) is 4. The van der Waals surface area contributed by atoms with Crippen molar-refractivity contribution in [1.82, 2.24) is 23.8 Å². The molecule has 1 aliphatic rings. The van der Waals surface area contributed by atoms with E-state index in [-0.39, 0.29) is 11.7 Å². The summed E-state index contributed by atoms with van der Waals surface area (Å²) in [5.74, 6) is 0.450. The van der Waals surface area contributed by atoms with Crippen LogP contribution in [-0.2, 0) is 16.8 Å². The van der Waals surface area contributed by atoms with Crippen LogP contribution in [0.2, 0.25) is 0 Å². The highest BCUT2D eigenvalue weighted by Gasteiger charge is 2.31. The number of benzene rings is 1. The zero-order valence-corrected chi connectivity index (χ0v) is 17.8. The maximum Gasteiger partial charge on any atom is 0.281 e. The second-order valence-electron chi connectivity index (χ2n) is 7.67. The summed E-state index contributed by atoms with van der Waals surface area (Å²) in [5, 5.41) is 11.4. The Balaban J connectivity index is 1.49. The number of hydrogen-bond donors (Lipinski definition) is 2. The van der Waals surface area contributed by atoms with Gasteiger partial charge < -0.3 is 5.32 Å². The molecule has 1 fully saturated rings. The van der Waals surface area contributed by atoms with Crippen molar-refractivity contribution in [1.29, 1.82) is 0 Å². The minimum absolute atomic E-state index is 0.0387. The molecular formula is C20H25FN6O2S. The monoisotopic (exact) mass is 432 g/mol. The normalized spacial score (nSPS) is 18.2. The molecule has 4 rings (SSSR count). The number of halogens is 1. The lowest BCUT2D eigenvalue weighted by Crippen LogP contribution is -2.45. The number of aromatic nitrogens is 3. The van der Waals surface area contributed by atoms with Crippen molar-refractivity contribution in [3.63, 3.8) is 0 Å². The molecule has 2 aromatic heterocycles. The van der Waals surface area contributed by atoms with Crippen LogP contribution >= 0.6 is 0 Å². The topological polar surface area (TPSA) is 94.2 Å². The van der Waals surface area contributed by atoms with Gasteiger partial charge in [0, 0.05) is 45.3 Å². The number of aromatic amines is 1. The SMILES string of the molecule is CN(C)S(=O)(=O)N1CCCC(c2ccc3c(NCc4ccc(F)cc4)n[nH]c3n2)C1. The average Bonchev–Trinajstić information content (AvgIpc) is 3.15. The van der Waals surface area contributed by atoms with Crippen molar-refractivity contribution in [2.45, 2.75) is 25.3 Å². The first-order valence-electron chi connectivity index (χ1n) is 9.85. The zero-order valence-electron chi connectivity index (χ0n) is 17.0. The van der Waals surface area contributed by atoms with E-state index in [4.69, 9.17) is 4.98 Å². The first-order chi connectivity index (χ1) is 14.3. The molecule has 1 unspecified atom stereocenters. The first-order valence-corrected chi connectivity index (χ1v) is 11.3. The lowest BCUT2D eigenvalue weighted by atomic mass is 9.95. The van der Waals surface area contributed by atoms with Crippen LogP contribution in [0.1, 0.15) is 30.0 Å². The molecule has 1 aromatic carbocycles. The third-order valence-corrected chi connectivity index (χ3v) is 7.32. The number of pyridine rings is 1. The van der Waals surface area contributed by atoms with Gasteiger partial charge in [-0.25, -0.2) is 9.37 Å². The summed E-state index contributed by atoms with van der Waals surface area (Å²) >= 11 is 0. The molecule has 1 atom stereocenters. The molecule has 0 saturated carbocycles. The van der Waals surface area contributed by atoms with Gasteiger partial charge in [0.15, 0.2) is 11.5 Å². The number of hydrogen-bond acceptors (Lipinski definition) is 5. The summed E-state index contributed by atoms with van der Waals surface area (Å²) in [4.78, 5) is 4.70. The fourth-order valence-corrected chi connectivity index (χ4v) is 4.88. The molecule has 1 saturated heterocycles. The first kappa shape index (κ1) is 20.7. The minimum Gasteiger partial charge on any atom is -0.364 e. The smallest absolute Gasteiger partial charge is 0.281 e. The van der Waals surface area contributed by atoms with Gasteiger partial charge in [0.25, 0.3) is 10.2 Å². The van der Waals surface area contributed by atoms with Gasteiger partial charge in [-0.3, -0.25) is 5.10 Å². The second kappa shape index (κ2) is 8.29. The summed E-state index contributed by atoms with van der Waals surface area (Å²) in [7, 11) is -0.331. The van der Waals surface area contributed by atoms with Gasteiger partial charge in [0.05, 0.1) is 5.39 Å². The molecule has 0 bridgehead atoms. The summed E-state index contributed by atoms with van der Waals surface area (Å²) in [5.41, 5.74) is 2.46. The summed E-state index contributed by atoms with van der Waals surface area (Å²) in [6.07, 6.45) is 1.69. The predicted octanol–water partition coefficient (Wildman–Crippen LogP) is 2.69. The van der Waals surface area contributed by atoms with Crippen molar-refractivity contribution >= 4 is 27.1 Å². The minimum atomic E-state index is -3.43. The maximum atomic E-state index is 13.0. The Labute approximate surface area is 175 Å². The highest BCUT2D eigenvalue weighted by molar-refractivity contribution is 7.86. The number of anilines is 1. The highest BCUT2D eigenvalue weighted by Crippen LogP contribution is 2.30. The Hall–Kier alpha value is -2.56. The standard InChI is InChI=1S/C20H25FN6O2S/c1-26(2)30(28,29)27-11-3-4-15(13-27)18-10-9-17-19(24-25-20(17)23-18)22-12-14-5-7-16(21)8-6-14/h5-10,15H,3-4,11-13H2,1-2H3,(H2,22,23,24,25). The number of H-pyrrole nitrogens is 1. The van der Waals surface area contributed by atoms with Crippen molar-refractivity contribution in [2.24, 2.45) is 0 Å². The van der Waals surface area contributed by atoms with Gasteiger partial charge in [-0.05, 0) is 42.7 Å². The molecular weight excluding hydrogens is 407 g/mol. The summed E-state index contributed by atoms with van der Waals surface area (Å²) in [6, 6.07) is 10.2. The van der Waals surface area contributed by atoms with E-state index in [0.29, 0.717) is 31.1 Å². The Morgan fingerprint density at radius 3 is 2.73 bits per heavy atom. The number of rotatable bonds is 6. The van der Waals surface area contributed by atoms with Crippen molar-refractivity contribution < 1.29 is 12.8 Å². The number of fused-ring (bicyclic) bond motifs is 1. The molecule has 2 N–H and O–H groups in total. The highest BCUT2D eigenvalue weighted by atomic mass is 32.2. The van der Waals surface area contributed by atoms with E-state index in [2.05, 4.69) is 15.5 Å². The van der Waals surface area contributed by atoms with Gasteiger partial charge in [-0.1, -0.05) is 12.1 Å². The van der Waals surface area contributed by atoms with Gasteiger partial charge in [-0.15, -0.1) is 0 Å². The molecule has 8 nitrogen and oxygen atoms in total. The van der Waals surface area contributed by atoms with Crippen molar-refractivity contribution in [3.05, 3.63) is 53.5 Å². The maximum absolute atomic E-state index is 13.0. The Morgan fingerprint density at radius 2 is 2.00 bits per heavy atom. The van der Waals surface area contributed by atoms with Gasteiger partial charge in [-0.2, -0.15) is 22.1 Å². The third kappa shape index (κ3) is 4.16. The fourth-order valence-electron chi connectivity index (χ4n) is 3.69. The van der Waals surface area contributed by atoms with Crippen molar-refractivity contribution in [3.8, 4) is 0 Å².